The second kappa shape index (κ2) is 9.14. The van der Waals surface area contributed by atoms with Crippen LogP contribution in [0.3, 0.4) is 0 Å². The van der Waals surface area contributed by atoms with Crippen LogP contribution >= 0.6 is 15.9 Å². The summed E-state index contributed by atoms with van der Waals surface area (Å²) in [6.07, 6.45) is 0. The van der Waals surface area contributed by atoms with Gasteiger partial charge in [0.1, 0.15) is 0 Å². The average molecular weight is 427 g/mol. The molecule has 2 aromatic rings. The zero-order valence-electron chi connectivity index (χ0n) is 14.6. The van der Waals surface area contributed by atoms with Gasteiger partial charge < -0.3 is 29.3 Å². The number of hydrogen-bond acceptors (Lipinski definition) is 6. The molecule has 2 amide bonds. The summed E-state index contributed by atoms with van der Waals surface area (Å²) in [5.74, 6) is 0.663. The summed E-state index contributed by atoms with van der Waals surface area (Å²) in [4.78, 5) is 24.1. The molecule has 0 atom stereocenters. The summed E-state index contributed by atoms with van der Waals surface area (Å²) in [6.45, 7) is 0.483. The van der Waals surface area contributed by atoms with Crippen molar-refractivity contribution in [2.45, 2.75) is 0 Å². The zero-order chi connectivity index (χ0) is 19.1. The quantitative estimate of drug-likeness (QED) is 0.627. The van der Waals surface area contributed by atoms with Gasteiger partial charge in [-0.2, -0.15) is 0 Å². The van der Waals surface area contributed by atoms with Gasteiger partial charge in [0.15, 0.2) is 21.9 Å². The van der Waals surface area contributed by atoms with Crippen molar-refractivity contribution in [2.24, 2.45) is 0 Å². The number of amides is 2. The van der Waals surface area contributed by atoms with Gasteiger partial charge in [-0.25, -0.2) is 0 Å². The van der Waals surface area contributed by atoms with E-state index in [0.717, 1.165) is 0 Å². The van der Waals surface area contributed by atoms with Gasteiger partial charge in [0.2, 0.25) is 5.75 Å². The summed E-state index contributed by atoms with van der Waals surface area (Å²) < 4.78 is 21.3. The molecule has 26 heavy (non-hydrogen) atoms. The van der Waals surface area contributed by atoms with Crippen LogP contribution in [-0.2, 0) is 0 Å². The lowest BCUT2D eigenvalue weighted by Gasteiger charge is -2.14. The Labute approximate surface area is 158 Å². The van der Waals surface area contributed by atoms with Crippen molar-refractivity contribution in [3.63, 3.8) is 0 Å². The van der Waals surface area contributed by atoms with Crippen molar-refractivity contribution in [3.8, 4) is 17.2 Å². The first kappa shape index (κ1) is 19.6. The normalized spacial score (nSPS) is 10.2. The molecule has 1 aromatic heterocycles. The molecule has 0 aliphatic carbocycles. The first-order valence-electron chi connectivity index (χ1n) is 7.62. The van der Waals surface area contributed by atoms with E-state index < -0.39 is 0 Å². The van der Waals surface area contributed by atoms with E-state index in [4.69, 9.17) is 18.6 Å². The predicted octanol–water partition coefficient (Wildman–Crippen LogP) is 2.23. The topological polar surface area (TPSA) is 99.0 Å². The van der Waals surface area contributed by atoms with Gasteiger partial charge in [-0.05, 0) is 40.2 Å². The van der Waals surface area contributed by atoms with Crippen LogP contribution in [0.5, 0.6) is 17.2 Å². The Balaban J connectivity index is 1.92. The molecule has 1 heterocycles. The molecule has 0 saturated heterocycles. The highest BCUT2D eigenvalue weighted by Crippen LogP contribution is 2.38. The maximum atomic E-state index is 12.3. The van der Waals surface area contributed by atoms with Crippen molar-refractivity contribution < 1.29 is 28.2 Å². The molecule has 0 spiro atoms. The number of nitrogens with one attached hydrogen (secondary N) is 2. The van der Waals surface area contributed by atoms with Crippen LogP contribution in [-0.4, -0.2) is 46.2 Å². The molecule has 2 rings (SSSR count). The summed E-state index contributed by atoms with van der Waals surface area (Å²) >= 11 is 3.13. The molecule has 0 bridgehead atoms. The fraction of sp³-hybridized carbons (Fsp3) is 0.294. The van der Waals surface area contributed by atoms with Crippen molar-refractivity contribution >= 4 is 27.7 Å². The minimum atomic E-state index is -0.363. The van der Waals surface area contributed by atoms with E-state index in [0.29, 0.717) is 27.5 Å². The highest BCUT2D eigenvalue weighted by atomic mass is 79.9. The van der Waals surface area contributed by atoms with Crippen molar-refractivity contribution in [1.29, 1.82) is 0 Å². The maximum Gasteiger partial charge on any atom is 0.287 e. The van der Waals surface area contributed by atoms with Crippen LogP contribution in [0.15, 0.2) is 33.4 Å². The predicted molar refractivity (Wildman–Crippen MR) is 97.2 cm³/mol. The van der Waals surface area contributed by atoms with Gasteiger partial charge in [-0.1, -0.05) is 0 Å². The minimum Gasteiger partial charge on any atom is -0.493 e. The molecule has 0 fully saturated rings. The van der Waals surface area contributed by atoms with Gasteiger partial charge >= 0.3 is 0 Å². The van der Waals surface area contributed by atoms with Gasteiger partial charge in [0.25, 0.3) is 11.8 Å². The number of halogens is 1. The molecule has 0 aliphatic heterocycles. The van der Waals surface area contributed by atoms with Gasteiger partial charge in [-0.3, -0.25) is 9.59 Å². The molecule has 9 heteroatoms. The van der Waals surface area contributed by atoms with E-state index in [1.807, 2.05) is 0 Å². The molecule has 1 aromatic carbocycles. The number of furan rings is 1. The third-order valence-electron chi connectivity index (χ3n) is 3.42. The van der Waals surface area contributed by atoms with Crippen molar-refractivity contribution in [3.05, 3.63) is 40.3 Å². The Morgan fingerprint density at radius 3 is 2.00 bits per heavy atom. The molecule has 0 aliphatic rings. The number of methoxy groups -OCH3 is 3. The van der Waals surface area contributed by atoms with E-state index in [1.165, 1.54) is 21.3 Å². The lowest BCUT2D eigenvalue weighted by atomic mass is 10.1. The van der Waals surface area contributed by atoms with E-state index in [-0.39, 0.29) is 30.7 Å². The fourth-order valence-corrected chi connectivity index (χ4v) is 2.50. The summed E-state index contributed by atoms with van der Waals surface area (Å²) in [7, 11) is 4.43. The highest BCUT2D eigenvalue weighted by molar-refractivity contribution is 9.10. The summed E-state index contributed by atoms with van der Waals surface area (Å²) in [5.41, 5.74) is 0.348. The molecule has 0 radical (unpaired) electrons. The van der Waals surface area contributed by atoms with Crippen LogP contribution in [0.2, 0.25) is 0 Å². The number of benzene rings is 1. The second-order valence-corrected chi connectivity index (χ2v) is 5.81. The first-order valence-corrected chi connectivity index (χ1v) is 8.41. The monoisotopic (exact) mass is 426 g/mol. The third kappa shape index (κ3) is 4.69. The number of rotatable bonds is 8. The first-order chi connectivity index (χ1) is 12.5. The standard InChI is InChI=1S/C17H19BrN2O6/c1-23-12-8-10(9-13(24-2)15(12)25-3)16(21)19-6-7-20-17(22)11-4-5-14(18)26-11/h4-5,8-9H,6-7H2,1-3H3,(H,19,21)(H,20,22). The SMILES string of the molecule is COc1cc(C(=O)NCCNC(=O)c2ccc(Br)o2)cc(OC)c1OC. The number of ether oxygens (including phenoxy) is 3. The van der Waals surface area contributed by atoms with Crippen LogP contribution in [0.4, 0.5) is 0 Å². The van der Waals surface area contributed by atoms with Crippen LogP contribution in [0.1, 0.15) is 20.9 Å². The smallest absolute Gasteiger partial charge is 0.287 e. The Hall–Kier alpha value is -2.68. The van der Waals surface area contributed by atoms with E-state index in [1.54, 1.807) is 24.3 Å². The third-order valence-corrected chi connectivity index (χ3v) is 3.85. The summed E-state index contributed by atoms with van der Waals surface area (Å²) in [6, 6.07) is 6.28. The van der Waals surface area contributed by atoms with Gasteiger partial charge in [0.05, 0.1) is 21.3 Å². The number of carbonyl (C=O) groups is 2. The molecule has 0 unspecified atom stereocenters. The lowest BCUT2D eigenvalue weighted by Crippen LogP contribution is -2.34. The van der Waals surface area contributed by atoms with Crippen LogP contribution < -0.4 is 24.8 Å². The second-order valence-electron chi connectivity index (χ2n) is 5.03. The van der Waals surface area contributed by atoms with Gasteiger partial charge in [0, 0.05) is 18.7 Å². The molecular formula is C17H19BrN2O6. The Kier molecular flexibility index (Phi) is 6.90. The molecule has 2 N–H and O–H groups in total. The molecular weight excluding hydrogens is 408 g/mol. The fourth-order valence-electron chi connectivity index (χ4n) is 2.19. The highest BCUT2D eigenvalue weighted by Gasteiger charge is 2.17. The van der Waals surface area contributed by atoms with Crippen molar-refractivity contribution in [1.82, 2.24) is 10.6 Å². The number of carbonyl (C=O) groups excluding carboxylic acids is 2. The molecule has 0 saturated carbocycles. The molecule has 140 valence electrons. The van der Waals surface area contributed by atoms with Crippen LogP contribution in [0.25, 0.3) is 0 Å². The summed E-state index contributed by atoms with van der Waals surface area (Å²) in [5, 5.41) is 5.35. The van der Waals surface area contributed by atoms with Crippen molar-refractivity contribution in [2.75, 3.05) is 34.4 Å². The van der Waals surface area contributed by atoms with Gasteiger partial charge in [-0.15, -0.1) is 0 Å². The Bertz CT molecular complexity index is 764. The largest absolute Gasteiger partial charge is 0.493 e. The van der Waals surface area contributed by atoms with E-state index in [9.17, 15) is 9.59 Å². The average Bonchev–Trinajstić information content (AvgIpc) is 3.09. The Morgan fingerprint density at radius 2 is 1.54 bits per heavy atom. The minimum absolute atomic E-state index is 0.188. The number of hydrogen-bond donors (Lipinski definition) is 2. The Morgan fingerprint density at radius 1 is 0.962 bits per heavy atom. The van der Waals surface area contributed by atoms with Crippen LogP contribution in [0, 0.1) is 0 Å². The lowest BCUT2D eigenvalue weighted by molar-refractivity contribution is 0.0909. The van der Waals surface area contributed by atoms with E-state index >= 15 is 0 Å². The maximum absolute atomic E-state index is 12.3. The molecule has 8 nitrogen and oxygen atoms in total. The van der Waals surface area contributed by atoms with E-state index in [2.05, 4.69) is 26.6 Å². The zero-order valence-corrected chi connectivity index (χ0v) is 16.1.